The van der Waals surface area contributed by atoms with Crippen molar-refractivity contribution in [1.82, 2.24) is 0 Å². The van der Waals surface area contributed by atoms with Crippen molar-refractivity contribution in [3.8, 4) is 0 Å². The Balaban J connectivity index is 3.18. The van der Waals surface area contributed by atoms with Crippen LogP contribution in [0.5, 0.6) is 0 Å². The van der Waals surface area contributed by atoms with Crippen molar-refractivity contribution in [2.24, 2.45) is 11.3 Å². The molecule has 26 heavy (non-hydrogen) atoms. The summed E-state index contributed by atoms with van der Waals surface area (Å²) >= 11 is 0. The van der Waals surface area contributed by atoms with E-state index < -0.39 is 0 Å². The average Bonchev–Trinajstić information content (AvgIpc) is 2.49. The molecule has 2 unspecified atom stereocenters. The molecule has 1 nitrogen and oxygen atoms in total. The lowest BCUT2D eigenvalue weighted by Crippen LogP contribution is -2.14. The molecule has 0 aromatic heterocycles. The smallest absolute Gasteiger partial charge is 0.181 e. The average molecular weight is 377 g/mol. The van der Waals surface area contributed by atoms with E-state index in [9.17, 15) is 4.79 Å². The van der Waals surface area contributed by atoms with Gasteiger partial charge >= 0.3 is 0 Å². The molecule has 1 rings (SSSR count). The summed E-state index contributed by atoms with van der Waals surface area (Å²) in [4.78, 5) is 13.3. The predicted octanol–water partition coefficient (Wildman–Crippen LogP) is 7.95. The molecule has 0 amide bonds. The summed E-state index contributed by atoms with van der Waals surface area (Å²) in [7, 11) is 0.380. The predicted molar refractivity (Wildman–Crippen MR) is 119 cm³/mol. The van der Waals surface area contributed by atoms with Gasteiger partial charge in [-0.15, -0.1) is 0 Å². The minimum absolute atomic E-state index is 0.331. The second kappa shape index (κ2) is 9.50. The largest absolute Gasteiger partial charge is 0.289 e. The lowest BCUT2D eigenvalue weighted by Gasteiger charge is -2.24. The van der Waals surface area contributed by atoms with Crippen LogP contribution in [0.4, 0.5) is 0 Å². The van der Waals surface area contributed by atoms with Crippen molar-refractivity contribution in [2.45, 2.75) is 93.4 Å². The summed E-state index contributed by atoms with van der Waals surface area (Å²) in [6.45, 7) is 22.5. The van der Waals surface area contributed by atoms with Crippen molar-refractivity contribution < 1.29 is 4.79 Å². The fourth-order valence-corrected chi connectivity index (χ4v) is 4.83. The Morgan fingerprint density at radius 1 is 0.885 bits per heavy atom. The molecule has 0 aliphatic rings. The molecule has 1 aromatic rings. The molecule has 0 spiro atoms. The van der Waals surface area contributed by atoms with Gasteiger partial charge in [-0.05, 0) is 66.9 Å². The zero-order valence-electron chi connectivity index (χ0n) is 18.8. The fraction of sp³-hybridized carbons (Fsp3) is 0.708. The molecule has 148 valence electrons. The molecule has 2 atom stereocenters. The van der Waals surface area contributed by atoms with Gasteiger partial charge in [-0.2, -0.15) is 0 Å². The molecule has 0 fully saturated rings. The van der Waals surface area contributed by atoms with Crippen LogP contribution in [0.15, 0.2) is 12.1 Å². The Morgan fingerprint density at radius 2 is 1.35 bits per heavy atom. The SMILES string of the molecule is CC(CPC(=O)c1c(C(C)C)cc(C(C)C)cc1C(C)C)CC(C)(C)C. The third-order valence-corrected chi connectivity index (χ3v) is 6.40. The lowest BCUT2D eigenvalue weighted by atomic mass is 9.85. The van der Waals surface area contributed by atoms with E-state index in [1.807, 2.05) is 0 Å². The number of hydrogen-bond donors (Lipinski definition) is 0. The van der Waals surface area contributed by atoms with E-state index in [2.05, 4.69) is 81.4 Å². The van der Waals surface area contributed by atoms with E-state index in [-0.39, 0.29) is 0 Å². The fourth-order valence-electron chi connectivity index (χ4n) is 3.69. The van der Waals surface area contributed by atoms with Crippen LogP contribution in [0.3, 0.4) is 0 Å². The quantitative estimate of drug-likeness (QED) is 0.421. The van der Waals surface area contributed by atoms with Crippen LogP contribution >= 0.6 is 8.58 Å². The maximum absolute atomic E-state index is 13.3. The van der Waals surface area contributed by atoms with Gasteiger partial charge in [0.05, 0.1) is 0 Å². The monoisotopic (exact) mass is 376 g/mol. The highest BCUT2D eigenvalue weighted by molar-refractivity contribution is 7.58. The number of benzene rings is 1. The van der Waals surface area contributed by atoms with Gasteiger partial charge in [0.2, 0.25) is 0 Å². The van der Waals surface area contributed by atoms with Crippen LogP contribution in [-0.2, 0) is 0 Å². The van der Waals surface area contributed by atoms with Crippen molar-refractivity contribution in [3.05, 3.63) is 34.4 Å². The van der Waals surface area contributed by atoms with Gasteiger partial charge in [0.1, 0.15) is 0 Å². The highest BCUT2D eigenvalue weighted by Gasteiger charge is 2.23. The van der Waals surface area contributed by atoms with E-state index >= 15 is 0 Å². The van der Waals surface area contributed by atoms with E-state index in [1.54, 1.807) is 0 Å². The summed E-state index contributed by atoms with van der Waals surface area (Å²) in [5, 5.41) is 0. The van der Waals surface area contributed by atoms with E-state index in [0.717, 1.165) is 11.7 Å². The highest BCUT2D eigenvalue weighted by Crippen LogP contribution is 2.37. The molecule has 0 saturated carbocycles. The van der Waals surface area contributed by atoms with Crippen molar-refractivity contribution in [1.29, 1.82) is 0 Å². The van der Waals surface area contributed by atoms with E-state index in [0.29, 0.717) is 43.2 Å². The Bertz CT molecular complexity index is 576. The first-order valence-corrected chi connectivity index (χ1v) is 11.5. The van der Waals surface area contributed by atoms with Gasteiger partial charge in [-0.25, -0.2) is 0 Å². The first kappa shape index (κ1) is 23.4. The van der Waals surface area contributed by atoms with Crippen LogP contribution in [0.2, 0.25) is 0 Å². The highest BCUT2D eigenvalue weighted by atomic mass is 31.1. The van der Waals surface area contributed by atoms with Gasteiger partial charge < -0.3 is 0 Å². The number of carbonyl (C=O) groups is 1. The molecule has 0 aliphatic heterocycles. The van der Waals surface area contributed by atoms with Gasteiger partial charge in [0.25, 0.3) is 0 Å². The van der Waals surface area contributed by atoms with Crippen LogP contribution in [-0.4, -0.2) is 11.7 Å². The van der Waals surface area contributed by atoms with E-state index in [1.165, 1.54) is 23.1 Å². The van der Waals surface area contributed by atoms with Gasteiger partial charge in [-0.3, -0.25) is 4.79 Å². The number of hydrogen-bond acceptors (Lipinski definition) is 1. The summed E-state index contributed by atoms with van der Waals surface area (Å²) < 4.78 is 0. The topological polar surface area (TPSA) is 17.1 Å². The van der Waals surface area contributed by atoms with Crippen molar-refractivity contribution >= 4 is 14.1 Å². The minimum Gasteiger partial charge on any atom is -0.289 e. The molecule has 0 radical (unpaired) electrons. The molecular formula is C24H41OP. The lowest BCUT2D eigenvalue weighted by molar-refractivity contribution is 0.108. The second-order valence-electron chi connectivity index (χ2n) is 10.1. The maximum Gasteiger partial charge on any atom is 0.181 e. The first-order chi connectivity index (χ1) is 11.8. The maximum atomic E-state index is 13.3. The zero-order valence-corrected chi connectivity index (χ0v) is 19.8. The molecule has 0 saturated heterocycles. The minimum atomic E-state index is 0.331. The standard InChI is InChI=1S/C24H41OP/c1-15(2)19-11-20(16(3)4)22(21(12-19)17(5)6)23(25)26-14-18(7)13-24(8,9)10/h11-12,15-18,26H,13-14H2,1-10H3. The first-order valence-electron chi connectivity index (χ1n) is 10.3. The Kier molecular flexibility index (Phi) is 8.53. The van der Waals surface area contributed by atoms with Crippen LogP contribution < -0.4 is 0 Å². The van der Waals surface area contributed by atoms with Crippen molar-refractivity contribution in [3.63, 3.8) is 0 Å². The van der Waals surface area contributed by atoms with Crippen LogP contribution in [0.25, 0.3) is 0 Å². The molecular weight excluding hydrogens is 335 g/mol. The third-order valence-electron chi connectivity index (χ3n) is 4.93. The van der Waals surface area contributed by atoms with Crippen LogP contribution in [0, 0.1) is 11.3 Å². The van der Waals surface area contributed by atoms with Gasteiger partial charge in [0, 0.05) is 5.56 Å². The molecule has 1 aromatic carbocycles. The van der Waals surface area contributed by atoms with Crippen molar-refractivity contribution in [2.75, 3.05) is 6.16 Å². The Morgan fingerprint density at radius 3 is 1.69 bits per heavy atom. The molecule has 0 bridgehead atoms. The summed E-state index contributed by atoms with van der Waals surface area (Å²) in [6, 6.07) is 4.58. The van der Waals surface area contributed by atoms with Gasteiger partial charge in [-0.1, -0.05) is 81.4 Å². The molecule has 0 heterocycles. The third kappa shape index (κ3) is 6.80. The van der Waals surface area contributed by atoms with E-state index in [4.69, 9.17) is 0 Å². The molecule has 2 heteroatoms. The van der Waals surface area contributed by atoms with Gasteiger partial charge in [0.15, 0.2) is 5.52 Å². The Hall–Kier alpha value is -0.680. The molecule has 0 aliphatic carbocycles. The van der Waals surface area contributed by atoms with Crippen LogP contribution in [0.1, 0.15) is 120 Å². The normalized spacial score (nSPS) is 14.2. The number of rotatable bonds is 8. The summed E-state index contributed by atoms with van der Waals surface area (Å²) in [5.74, 6) is 1.84. The zero-order chi connectivity index (χ0) is 20.2. The molecule has 0 N–H and O–H groups in total. The summed E-state index contributed by atoms with van der Waals surface area (Å²) in [6.07, 6.45) is 2.19. The Labute approximate surface area is 164 Å². The number of carbonyl (C=O) groups excluding carboxylic acids is 1. The summed E-state index contributed by atoms with van der Waals surface area (Å²) in [5.41, 5.74) is 5.59. The second-order valence-corrected chi connectivity index (χ2v) is 11.3.